The van der Waals surface area contributed by atoms with Crippen LogP contribution in [0.1, 0.15) is 17.5 Å². The summed E-state index contributed by atoms with van der Waals surface area (Å²) in [7, 11) is 1.74. The van der Waals surface area contributed by atoms with Gasteiger partial charge in [0.1, 0.15) is 5.75 Å². The maximum absolute atomic E-state index is 5.47. The Morgan fingerprint density at radius 1 is 1.12 bits per heavy atom. The molecule has 3 rings (SSSR count). The van der Waals surface area contributed by atoms with Crippen LogP contribution < -0.4 is 4.74 Å². The second-order valence-electron chi connectivity index (χ2n) is 4.13. The molecule has 0 aliphatic heterocycles. The number of aryl methyl sites for hydroxylation is 1. The van der Waals surface area contributed by atoms with Crippen molar-refractivity contribution in [1.82, 2.24) is 0 Å². The summed E-state index contributed by atoms with van der Waals surface area (Å²) in [5.41, 5.74) is 2.76. The van der Waals surface area contributed by atoms with Crippen LogP contribution in [0.3, 0.4) is 0 Å². The highest BCUT2D eigenvalue weighted by Crippen LogP contribution is 2.33. The van der Waals surface area contributed by atoms with Crippen LogP contribution in [-0.4, -0.2) is 7.11 Å². The molecule has 16 heavy (non-hydrogen) atoms. The first kappa shape index (κ1) is 9.46. The topological polar surface area (TPSA) is 9.23 Å². The summed E-state index contributed by atoms with van der Waals surface area (Å²) in [5, 5.41) is 2.56. The van der Waals surface area contributed by atoms with Gasteiger partial charge in [-0.3, -0.25) is 0 Å². The Balaban J connectivity index is 2.41. The van der Waals surface area contributed by atoms with Crippen LogP contribution in [-0.2, 0) is 6.42 Å². The molecule has 1 aliphatic carbocycles. The van der Waals surface area contributed by atoms with Crippen molar-refractivity contribution in [2.45, 2.75) is 12.8 Å². The van der Waals surface area contributed by atoms with Gasteiger partial charge < -0.3 is 4.74 Å². The Morgan fingerprint density at radius 3 is 2.94 bits per heavy atom. The second kappa shape index (κ2) is 3.67. The third-order valence-electron chi connectivity index (χ3n) is 3.23. The SMILES string of the molecule is COc1cccc2ccc3c(c12)CCC=C3. The molecule has 0 bridgehead atoms. The first-order valence-corrected chi connectivity index (χ1v) is 5.65. The van der Waals surface area contributed by atoms with Gasteiger partial charge >= 0.3 is 0 Å². The Morgan fingerprint density at radius 2 is 2.06 bits per heavy atom. The molecule has 2 aromatic carbocycles. The van der Waals surface area contributed by atoms with Crippen molar-refractivity contribution in [2.24, 2.45) is 0 Å². The monoisotopic (exact) mass is 210 g/mol. The van der Waals surface area contributed by atoms with Crippen LogP contribution in [0.25, 0.3) is 16.8 Å². The maximum atomic E-state index is 5.47. The molecule has 0 radical (unpaired) electrons. The summed E-state index contributed by atoms with van der Waals surface area (Å²) < 4.78 is 5.47. The van der Waals surface area contributed by atoms with E-state index in [1.807, 2.05) is 12.1 Å². The summed E-state index contributed by atoms with van der Waals surface area (Å²) in [6.45, 7) is 0. The number of hydrogen-bond acceptors (Lipinski definition) is 1. The third kappa shape index (κ3) is 1.32. The molecule has 0 atom stereocenters. The number of ether oxygens (including phenoxy) is 1. The van der Waals surface area contributed by atoms with E-state index in [0.29, 0.717) is 0 Å². The van der Waals surface area contributed by atoms with Gasteiger partial charge in [0.2, 0.25) is 0 Å². The van der Waals surface area contributed by atoms with E-state index in [0.717, 1.165) is 18.6 Å². The molecule has 0 fully saturated rings. The van der Waals surface area contributed by atoms with Gasteiger partial charge in [-0.25, -0.2) is 0 Å². The summed E-state index contributed by atoms with van der Waals surface area (Å²) in [6, 6.07) is 10.6. The van der Waals surface area contributed by atoms with Crippen molar-refractivity contribution in [1.29, 1.82) is 0 Å². The number of rotatable bonds is 1. The first-order chi connectivity index (χ1) is 7.90. The molecular weight excluding hydrogens is 196 g/mol. The van der Waals surface area contributed by atoms with Gasteiger partial charge in [0.05, 0.1) is 7.11 Å². The summed E-state index contributed by atoms with van der Waals surface area (Å²) in [4.78, 5) is 0. The minimum absolute atomic E-state index is 0.990. The Bertz CT molecular complexity index is 567. The molecule has 1 aliphatic rings. The van der Waals surface area contributed by atoms with Crippen LogP contribution in [0.5, 0.6) is 5.75 Å². The normalized spacial score (nSPS) is 13.8. The minimum atomic E-state index is 0.990. The number of methoxy groups -OCH3 is 1. The van der Waals surface area contributed by atoms with Crippen molar-refractivity contribution < 1.29 is 4.74 Å². The summed E-state index contributed by atoms with van der Waals surface area (Å²) >= 11 is 0. The lowest BCUT2D eigenvalue weighted by molar-refractivity contribution is 0.419. The molecule has 0 saturated carbocycles. The van der Waals surface area contributed by atoms with Crippen LogP contribution in [0, 0.1) is 0 Å². The molecule has 2 aromatic rings. The van der Waals surface area contributed by atoms with E-state index in [-0.39, 0.29) is 0 Å². The molecule has 0 unspecified atom stereocenters. The number of fused-ring (bicyclic) bond motifs is 3. The van der Waals surface area contributed by atoms with Gasteiger partial charge in [0.25, 0.3) is 0 Å². The Kier molecular flexibility index (Phi) is 2.17. The minimum Gasteiger partial charge on any atom is -0.496 e. The fraction of sp³-hybridized carbons (Fsp3) is 0.200. The standard InChI is InChI=1S/C15H14O/c1-16-14-8-4-6-12-10-9-11-5-2-3-7-13(11)15(12)14/h2,4-6,8-10H,3,7H2,1H3. The molecule has 0 aromatic heterocycles. The summed E-state index contributed by atoms with van der Waals surface area (Å²) in [5.74, 6) is 0.990. The first-order valence-electron chi connectivity index (χ1n) is 5.65. The zero-order chi connectivity index (χ0) is 11.0. The lowest BCUT2D eigenvalue weighted by Gasteiger charge is -2.15. The molecule has 0 amide bonds. The molecular formula is C15H14O. The van der Waals surface area contributed by atoms with Crippen molar-refractivity contribution in [3.8, 4) is 5.75 Å². The van der Waals surface area contributed by atoms with E-state index >= 15 is 0 Å². The van der Waals surface area contributed by atoms with Gasteiger partial charge in [-0.05, 0) is 35.4 Å². The van der Waals surface area contributed by atoms with E-state index in [9.17, 15) is 0 Å². The van der Waals surface area contributed by atoms with E-state index in [1.54, 1.807) is 7.11 Å². The average molecular weight is 210 g/mol. The highest BCUT2D eigenvalue weighted by atomic mass is 16.5. The van der Waals surface area contributed by atoms with E-state index < -0.39 is 0 Å². The van der Waals surface area contributed by atoms with Crippen molar-refractivity contribution in [3.05, 3.63) is 47.5 Å². The van der Waals surface area contributed by atoms with Gasteiger partial charge in [0, 0.05) is 5.39 Å². The van der Waals surface area contributed by atoms with E-state index in [1.165, 1.54) is 21.9 Å². The second-order valence-corrected chi connectivity index (χ2v) is 4.13. The maximum Gasteiger partial charge on any atom is 0.126 e. The van der Waals surface area contributed by atoms with Crippen molar-refractivity contribution in [3.63, 3.8) is 0 Å². The molecule has 1 heteroatoms. The smallest absolute Gasteiger partial charge is 0.126 e. The Hall–Kier alpha value is -1.76. The number of benzene rings is 2. The van der Waals surface area contributed by atoms with Crippen LogP contribution in [0.4, 0.5) is 0 Å². The van der Waals surface area contributed by atoms with Gasteiger partial charge in [-0.15, -0.1) is 0 Å². The third-order valence-corrected chi connectivity index (χ3v) is 3.23. The highest BCUT2D eigenvalue weighted by molar-refractivity contribution is 5.94. The number of allylic oxidation sites excluding steroid dienone is 1. The Labute approximate surface area is 95.4 Å². The molecule has 1 nitrogen and oxygen atoms in total. The molecule has 0 spiro atoms. The lowest BCUT2D eigenvalue weighted by atomic mass is 9.91. The predicted molar refractivity (Wildman–Crippen MR) is 67.9 cm³/mol. The van der Waals surface area contributed by atoms with Gasteiger partial charge in [-0.1, -0.05) is 36.4 Å². The fourth-order valence-electron chi connectivity index (χ4n) is 2.47. The van der Waals surface area contributed by atoms with Crippen LogP contribution in [0.15, 0.2) is 36.4 Å². The highest BCUT2D eigenvalue weighted by Gasteiger charge is 2.11. The van der Waals surface area contributed by atoms with Crippen LogP contribution in [0.2, 0.25) is 0 Å². The molecule has 80 valence electrons. The molecule has 0 heterocycles. The fourth-order valence-corrected chi connectivity index (χ4v) is 2.47. The zero-order valence-corrected chi connectivity index (χ0v) is 9.36. The van der Waals surface area contributed by atoms with Crippen LogP contribution >= 0.6 is 0 Å². The predicted octanol–water partition coefficient (Wildman–Crippen LogP) is 3.81. The van der Waals surface area contributed by atoms with Crippen molar-refractivity contribution >= 4 is 16.8 Å². The largest absolute Gasteiger partial charge is 0.496 e. The zero-order valence-electron chi connectivity index (χ0n) is 9.36. The molecule has 0 N–H and O–H groups in total. The van der Waals surface area contributed by atoms with E-state index in [4.69, 9.17) is 4.74 Å². The quantitative estimate of drug-likeness (QED) is 0.695. The molecule has 0 saturated heterocycles. The van der Waals surface area contributed by atoms with E-state index in [2.05, 4.69) is 30.4 Å². The average Bonchev–Trinajstić information content (AvgIpc) is 2.37. The van der Waals surface area contributed by atoms with Crippen molar-refractivity contribution in [2.75, 3.05) is 7.11 Å². The summed E-state index contributed by atoms with van der Waals surface area (Å²) in [6.07, 6.45) is 6.70. The van der Waals surface area contributed by atoms with Gasteiger partial charge in [-0.2, -0.15) is 0 Å². The van der Waals surface area contributed by atoms with Gasteiger partial charge in [0.15, 0.2) is 0 Å². The lowest BCUT2D eigenvalue weighted by Crippen LogP contribution is -1.97. The number of hydrogen-bond donors (Lipinski definition) is 0.